The molecule has 0 radical (unpaired) electrons. The van der Waals surface area contributed by atoms with Gasteiger partial charge in [0.2, 0.25) is 0 Å². The van der Waals surface area contributed by atoms with Crippen molar-refractivity contribution in [3.05, 3.63) is 29.6 Å². The summed E-state index contributed by atoms with van der Waals surface area (Å²) >= 11 is 0. The summed E-state index contributed by atoms with van der Waals surface area (Å²) in [6.45, 7) is 1.94. The van der Waals surface area contributed by atoms with Crippen LogP contribution in [0.3, 0.4) is 0 Å². The van der Waals surface area contributed by atoms with Crippen molar-refractivity contribution < 1.29 is 9.53 Å². The highest BCUT2D eigenvalue weighted by Crippen LogP contribution is 2.16. The first kappa shape index (κ1) is 10.7. The molecule has 0 unspecified atom stereocenters. The zero-order valence-corrected chi connectivity index (χ0v) is 8.36. The van der Waals surface area contributed by atoms with Crippen molar-refractivity contribution in [2.45, 2.75) is 19.4 Å². The van der Waals surface area contributed by atoms with Gasteiger partial charge in [-0.25, -0.2) is 0 Å². The SMILES string of the molecule is COC(=O)C[C@H](N)c1cnccc1C. The molecular formula is C10H14N2O2. The smallest absolute Gasteiger partial charge is 0.307 e. The van der Waals surface area contributed by atoms with Gasteiger partial charge in [-0.3, -0.25) is 9.78 Å². The predicted octanol–water partition coefficient (Wildman–Crippen LogP) is 0.953. The number of aryl methyl sites for hydroxylation is 1. The maximum atomic E-state index is 11.0. The van der Waals surface area contributed by atoms with Crippen molar-refractivity contribution >= 4 is 5.97 Å². The Morgan fingerprint density at radius 2 is 2.43 bits per heavy atom. The number of rotatable bonds is 3. The van der Waals surface area contributed by atoms with Crippen LogP contribution < -0.4 is 5.73 Å². The number of nitrogens with two attached hydrogens (primary N) is 1. The minimum Gasteiger partial charge on any atom is -0.469 e. The largest absolute Gasteiger partial charge is 0.469 e. The number of carbonyl (C=O) groups is 1. The fraction of sp³-hybridized carbons (Fsp3) is 0.400. The standard InChI is InChI=1S/C10H14N2O2/c1-7-3-4-12-6-8(7)9(11)5-10(13)14-2/h3-4,6,9H,5,11H2,1-2H3/t9-/m0/s1. The van der Waals surface area contributed by atoms with Crippen LogP contribution in [0.2, 0.25) is 0 Å². The van der Waals surface area contributed by atoms with Crippen molar-refractivity contribution in [3.63, 3.8) is 0 Å². The van der Waals surface area contributed by atoms with E-state index in [2.05, 4.69) is 9.72 Å². The van der Waals surface area contributed by atoms with Gasteiger partial charge in [-0.05, 0) is 24.1 Å². The molecular weight excluding hydrogens is 180 g/mol. The molecule has 1 aromatic heterocycles. The molecule has 0 saturated heterocycles. The summed E-state index contributed by atoms with van der Waals surface area (Å²) in [6, 6.07) is 1.53. The third kappa shape index (κ3) is 2.53. The van der Waals surface area contributed by atoms with Crippen LogP contribution >= 0.6 is 0 Å². The highest BCUT2D eigenvalue weighted by molar-refractivity contribution is 5.70. The van der Waals surface area contributed by atoms with E-state index in [-0.39, 0.29) is 18.4 Å². The number of methoxy groups -OCH3 is 1. The topological polar surface area (TPSA) is 65.2 Å². The molecule has 0 spiro atoms. The first-order chi connectivity index (χ1) is 6.65. The third-order valence-corrected chi connectivity index (χ3v) is 2.09. The Morgan fingerprint density at radius 3 is 3.00 bits per heavy atom. The van der Waals surface area contributed by atoms with Gasteiger partial charge >= 0.3 is 5.97 Å². The Labute approximate surface area is 83.1 Å². The lowest BCUT2D eigenvalue weighted by molar-refractivity contribution is -0.141. The monoisotopic (exact) mass is 194 g/mol. The van der Waals surface area contributed by atoms with E-state index in [9.17, 15) is 4.79 Å². The Balaban J connectivity index is 2.74. The molecule has 76 valence electrons. The molecule has 2 N–H and O–H groups in total. The summed E-state index contributed by atoms with van der Waals surface area (Å²) in [5.74, 6) is -0.305. The second-order valence-electron chi connectivity index (χ2n) is 3.12. The normalized spacial score (nSPS) is 12.2. The van der Waals surface area contributed by atoms with Gasteiger partial charge in [0.1, 0.15) is 0 Å². The maximum Gasteiger partial charge on any atom is 0.307 e. The minimum atomic E-state index is -0.337. The Morgan fingerprint density at radius 1 is 1.71 bits per heavy atom. The van der Waals surface area contributed by atoms with E-state index in [1.807, 2.05) is 13.0 Å². The first-order valence-corrected chi connectivity index (χ1v) is 4.38. The van der Waals surface area contributed by atoms with Gasteiger partial charge in [-0.15, -0.1) is 0 Å². The first-order valence-electron chi connectivity index (χ1n) is 4.38. The lowest BCUT2D eigenvalue weighted by atomic mass is 10.0. The molecule has 0 saturated carbocycles. The average molecular weight is 194 g/mol. The lowest BCUT2D eigenvalue weighted by Gasteiger charge is -2.12. The Hall–Kier alpha value is -1.42. The van der Waals surface area contributed by atoms with Crippen LogP contribution in [0.5, 0.6) is 0 Å². The van der Waals surface area contributed by atoms with E-state index >= 15 is 0 Å². The number of esters is 1. The molecule has 4 nitrogen and oxygen atoms in total. The highest BCUT2D eigenvalue weighted by atomic mass is 16.5. The van der Waals surface area contributed by atoms with Gasteiger partial charge in [-0.1, -0.05) is 0 Å². The predicted molar refractivity (Wildman–Crippen MR) is 52.5 cm³/mol. The molecule has 0 bridgehead atoms. The number of hydrogen-bond acceptors (Lipinski definition) is 4. The number of aromatic nitrogens is 1. The van der Waals surface area contributed by atoms with E-state index in [1.165, 1.54) is 7.11 Å². The van der Waals surface area contributed by atoms with Gasteiger partial charge < -0.3 is 10.5 Å². The van der Waals surface area contributed by atoms with Crippen molar-refractivity contribution in [3.8, 4) is 0 Å². The molecule has 0 aromatic carbocycles. The molecule has 1 atom stereocenters. The van der Waals surface area contributed by atoms with Crippen molar-refractivity contribution in [2.75, 3.05) is 7.11 Å². The number of ether oxygens (including phenoxy) is 1. The molecule has 0 amide bonds. The molecule has 14 heavy (non-hydrogen) atoms. The zero-order chi connectivity index (χ0) is 10.6. The van der Waals surface area contributed by atoms with Crippen LogP contribution in [0.25, 0.3) is 0 Å². The van der Waals surface area contributed by atoms with Gasteiger partial charge in [0.05, 0.1) is 13.5 Å². The summed E-state index contributed by atoms with van der Waals surface area (Å²) in [6.07, 6.45) is 3.57. The number of carbonyl (C=O) groups excluding carboxylic acids is 1. The van der Waals surface area contributed by atoms with E-state index < -0.39 is 0 Å². The molecule has 1 aromatic rings. The van der Waals surface area contributed by atoms with Crippen molar-refractivity contribution in [2.24, 2.45) is 5.73 Å². The molecule has 1 rings (SSSR count). The van der Waals surface area contributed by atoms with Crippen LogP contribution in [-0.4, -0.2) is 18.1 Å². The fourth-order valence-corrected chi connectivity index (χ4v) is 1.24. The van der Waals surface area contributed by atoms with E-state index in [4.69, 9.17) is 5.73 Å². The van der Waals surface area contributed by atoms with Gasteiger partial charge in [-0.2, -0.15) is 0 Å². The molecule has 0 aliphatic heterocycles. The summed E-state index contributed by atoms with van der Waals surface area (Å²) in [5.41, 5.74) is 7.76. The zero-order valence-electron chi connectivity index (χ0n) is 8.36. The molecule has 1 heterocycles. The Kier molecular flexibility index (Phi) is 3.59. The fourth-order valence-electron chi connectivity index (χ4n) is 1.24. The molecule has 0 aliphatic rings. The van der Waals surface area contributed by atoms with Crippen molar-refractivity contribution in [1.29, 1.82) is 0 Å². The van der Waals surface area contributed by atoms with E-state index in [0.717, 1.165) is 11.1 Å². The van der Waals surface area contributed by atoms with Gasteiger partial charge in [0.15, 0.2) is 0 Å². The van der Waals surface area contributed by atoms with E-state index in [0.29, 0.717) is 0 Å². The quantitative estimate of drug-likeness (QED) is 0.727. The Bertz CT molecular complexity index is 326. The van der Waals surface area contributed by atoms with Gasteiger partial charge in [0.25, 0.3) is 0 Å². The molecule has 0 aliphatic carbocycles. The van der Waals surface area contributed by atoms with Crippen LogP contribution in [0.4, 0.5) is 0 Å². The summed E-state index contributed by atoms with van der Waals surface area (Å²) in [5, 5.41) is 0. The van der Waals surface area contributed by atoms with Crippen molar-refractivity contribution in [1.82, 2.24) is 4.98 Å². The number of hydrogen-bond donors (Lipinski definition) is 1. The van der Waals surface area contributed by atoms with Crippen LogP contribution in [0.15, 0.2) is 18.5 Å². The summed E-state index contributed by atoms with van der Waals surface area (Å²) in [7, 11) is 1.35. The van der Waals surface area contributed by atoms with E-state index in [1.54, 1.807) is 12.4 Å². The second kappa shape index (κ2) is 4.72. The minimum absolute atomic E-state index is 0.184. The highest BCUT2D eigenvalue weighted by Gasteiger charge is 2.13. The lowest BCUT2D eigenvalue weighted by Crippen LogP contribution is -2.17. The third-order valence-electron chi connectivity index (χ3n) is 2.09. The van der Waals surface area contributed by atoms with Gasteiger partial charge in [0, 0.05) is 18.4 Å². The number of pyridine rings is 1. The summed E-state index contributed by atoms with van der Waals surface area (Å²) < 4.78 is 4.54. The summed E-state index contributed by atoms with van der Waals surface area (Å²) in [4.78, 5) is 15.0. The average Bonchev–Trinajstić information content (AvgIpc) is 2.18. The molecule has 4 heteroatoms. The number of nitrogens with zero attached hydrogens (tertiary/aromatic N) is 1. The maximum absolute atomic E-state index is 11.0. The van der Waals surface area contributed by atoms with Crippen LogP contribution in [0.1, 0.15) is 23.6 Å². The van der Waals surface area contributed by atoms with Crippen LogP contribution in [-0.2, 0) is 9.53 Å². The molecule has 0 fully saturated rings. The second-order valence-corrected chi connectivity index (χ2v) is 3.12. The van der Waals surface area contributed by atoms with Crippen LogP contribution in [0, 0.1) is 6.92 Å².